The first kappa shape index (κ1) is 13.5. The average molecular weight is 264 g/mol. The van der Waals surface area contributed by atoms with Crippen molar-refractivity contribution < 1.29 is 23.6 Å². The summed E-state index contributed by atoms with van der Waals surface area (Å²) in [4.78, 5) is 0. The van der Waals surface area contributed by atoms with Gasteiger partial charge in [0.2, 0.25) is 0 Å². The van der Waals surface area contributed by atoms with Crippen molar-refractivity contribution >= 4 is 12.6 Å². The van der Waals surface area contributed by atoms with Crippen LogP contribution in [0.25, 0.3) is 0 Å². The van der Waals surface area contributed by atoms with Gasteiger partial charge in [-0.05, 0) is 35.9 Å². The van der Waals surface area contributed by atoms with Crippen molar-refractivity contribution in [2.45, 2.75) is 6.61 Å². The van der Waals surface area contributed by atoms with E-state index >= 15 is 0 Å². The molecule has 19 heavy (non-hydrogen) atoms. The number of rotatable bonds is 4. The molecule has 0 unspecified atom stereocenters. The number of benzene rings is 2. The molecule has 98 valence electrons. The third kappa shape index (κ3) is 3.53. The van der Waals surface area contributed by atoms with Crippen molar-refractivity contribution in [1.29, 1.82) is 0 Å². The van der Waals surface area contributed by atoms with Gasteiger partial charge in [-0.1, -0.05) is 12.1 Å². The minimum absolute atomic E-state index is 0.117. The zero-order valence-electron chi connectivity index (χ0n) is 9.88. The van der Waals surface area contributed by atoms with E-state index in [0.29, 0.717) is 11.3 Å². The zero-order valence-corrected chi connectivity index (χ0v) is 9.88. The Balaban J connectivity index is 2.07. The van der Waals surface area contributed by atoms with Crippen LogP contribution in [0.15, 0.2) is 42.5 Å². The number of halogens is 2. The molecule has 0 fully saturated rings. The van der Waals surface area contributed by atoms with E-state index in [1.54, 1.807) is 0 Å². The van der Waals surface area contributed by atoms with Crippen LogP contribution in [-0.2, 0) is 6.61 Å². The van der Waals surface area contributed by atoms with Crippen LogP contribution >= 0.6 is 0 Å². The second-order valence-corrected chi connectivity index (χ2v) is 3.97. The first-order valence-corrected chi connectivity index (χ1v) is 5.59. The summed E-state index contributed by atoms with van der Waals surface area (Å²) in [5.74, 6) is -0.586. The van der Waals surface area contributed by atoms with Crippen molar-refractivity contribution in [3.8, 4) is 5.75 Å². The van der Waals surface area contributed by atoms with Gasteiger partial charge in [0.25, 0.3) is 0 Å². The molecule has 0 saturated carbocycles. The molecule has 2 rings (SSSR count). The van der Waals surface area contributed by atoms with Crippen LogP contribution in [0.1, 0.15) is 5.56 Å². The summed E-state index contributed by atoms with van der Waals surface area (Å²) in [5, 5.41) is 18.0. The monoisotopic (exact) mass is 264 g/mol. The van der Waals surface area contributed by atoms with Crippen LogP contribution in [0.2, 0.25) is 0 Å². The van der Waals surface area contributed by atoms with E-state index in [0.717, 1.165) is 6.07 Å². The summed E-state index contributed by atoms with van der Waals surface area (Å²) in [6, 6.07) is 9.40. The molecule has 0 aliphatic rings. The number of hydrogen-bond acceptors (Lipinski definition) is 3. The van der Waals surface area contributed by atoms with Crippen molar-refractivity contribution in [3.05, 3.63) is 59.7 Å². The second-order valence-electron chi connectivity index (χ2n) is 3.97. The normalized spacial score (nSPS) is 10.3. The lowest BCUT2D eigenvalue weighted by Crippen LogP contribution is -2.33. The summed E-state index contributed by atoms with van der Waals surface area (Å²) in [7, 11) is -1.87. The number of ether oxygens (including phenoxy) is 1. The topological polar surface area (TPSA) is 49.7 Å². The molecule has 6 heteroatoms. The van der Waals surface area contributed by atoms with Gasteiger partial charge in [0.1, 0.15) is 24.0 Å². The Morgan fingerprint density at radius 3 is 2.32 bits per heavy atom. The van der Waals surface area contributed by atoms with Gasteiger partial charge in [0.05, 0.1) is 0 Å². The summed E-state index contributed by atoms with van der Waals surface area (Å²) < 4.78 is 31.3. The maximum atomic E-state index is 13.2. The predicted molar refractivity (Wildman–Crippen MR) is 67.0 cm³/mol. The van der Waals surface area contributed by atoms with Crippen LogP contribution in [0.5, 0.6) is 5.75 Å². The fourth-order valence-corrected chi connectivity index (χ4v) is 1.58. The lowest BCUT2D eigenvalue weighted by atomic mass is 9.79. The largest absolute Gasteiger partial charge is 0.491 e. The van der Waals surface area contributed by atoms with E-state index < -0.39 is 12.9 Å². The third-order valence-electron chi connectivity index (χ3n) is 2.56. The quantitative estimate of drug-likeness (QED) is 0.816. The second kappa shape index (κ2) is 5.82. The Labute approximate surface area is 109 Å². The molecule has 0 aliphatic heterocycles. The Bertz CT molecular complexity index is 558. The standard InChI is InChI=1S/C13H11BF2O3/c15-10-2-4-11(5-3-10)19-8-9-1-6-13(16)12(7-9)14(17)18/h1-7,17-18H,8H2. The molecule has 0 aromatic heterocycles. The van der Waals surface area contributed by atoms with Crippen LogP contribution < -0.4 is 10.2 Å². The van der Waals surface area contributed by atoms with Crippen LogP contribution in [0.3, 0.4) is 0 Å². The van der Waals surface area contributed by atoms with Gasteiger partial charge in [0.15, 0.2) is 0 Å². The first-order chi connectivity index (χ1) is 9.06. The molecule has 2 aromatic carbocycles. The first-order valence-electron chi connectivity index (χ1n) is 5.59. The van der Waals surface area contributed by atoms with Gasteiger partial charge in [-0.2, -0.15) is 0 Å². The van der Waals surface area contributed by atoms with Crippen molar-refractivity contribution in [2.75, 3.05) is 0 Å². The predicted octanol–water partition coefficient (Wildman–Crippen LogP) is 1.22. The lowest BCUT2D eigenvalue weighted by molar-refractivity contribution is 0.305. The molecule has 2 aromatic rings. The van der Waals surface area contributed by atoms with Gasteiger partial charge >= 0.3 is 7.12 Å². The van der Waals surface area contributed by atoms with Crippen molar-refractivity contribution in [1.82, 2.24) is 0 Å². The minimum Gasteiger partial charge on any atom is -0.489 e. The zero-order chi connectivity index (χ0) is 13.8. The van der Waals surface area contributed by atoms with E-state index in [4.69, 9.17) is 14.8 Å². The maximum Gasteiger partial charge on any atom is 0.491 e. The van der Waals surface area contributed by atoms with Crippen molar-refractivity contribution in [3.63, 3.8) is 0 Å². The highest BCUT2D eigenvalue weighted by molar-refractivity contribution is 6.58. The lowest BCUT2D eigenvalue weighted by Gasteiger charge is -2.08. The van der Waals surface area contributed by atoms with Gasteiger partial charge in [-0.25, -0.2) is 8.78 Å². The van der Waals surface area contributed by atoms with E-state index in [-0.39, 0.29) is 17.9 Å². The van der Waals surface area contributed by atoms with Crippen LogP contribution in [-0.4, -0.2) is 17.2 Å². The fourth-order valence-electron chi connectivity index (χ4n) is 1.58. The number of hydrogen-bond donors (Lipinski definition) is 2. The molecular formula is C13H11BF2O3. The molecule has 0 radical (unpaired) electrons. The SMILES string of the molecule is OB(O)c1cc(COc2ccc(F)cc2)ccc1F. The van der Waals surface area contributed by atoms with E-state index in [1.165, 1.54) is 36.4 Å². The summed E-state index contributed by atoms with van der Waals surface area (Å²) in [6.07, 6.45) is 0. The average Bonchev–Trinajstić information content (AvgIpc) is 2.39. The minimum atomic E-state index is -1.87. The highest BCUT2D eigenvalue weighted by Gasteiger charge is 2.16. The Hall–Kier alpha value is -1.92. The molecular weight excluding hydrogens is 253 g/mol. The summed E-state index contributed by atoms with van der Waals surface area (Å²) in [5.41, 5.74) is 0.369. The molecule has 2 N–H and O–H groups in total. The van der Waals surface area contributed by atoms with Crippen LogP contribution in [0, 0.1) is 11.6 Å². The Morgan fingerprint density at radius 2 is 1.68 bits per heavy atom. The van der Waals surface area contributed by atoms with Gasteiger partial charge in [0, 0.05) is 5.46 Å². The van der Waals surface area contributed by atoms with E-state index in [9.17, 15) is 8.78 Å². The van der Waals surface area contributed by atoms with Crippen molar-refractivity contribution in [2.24, 2.45) is 0 Å². The molecule has 0 aliphatic carbocycles. The molecule has 0 amide bonds. The molecule has 0 bridgehead atoms. The molecule has 0 heterocycles. The Kier molecular flexibility index (Phi) is 4.14. The summed E-state index contributed by atoms with van der Waals surface area (Å²) >= 11 is 0. The summed E-state index contributed by atoms with van der Waals surface area (Å²) in [6.45, 7) is 0.117. The van der Waals surface area contributed by atoms with Crippen LogP contribution in [0.4, 0.5) is 8.78 Å². The van der Waals surface area contributed by atoms with Gasteiger partial charge in [-0.3, -0.25) is 0 Å². The molecule has 0 atom stereocenters. The third-order valence-corrected chi connectivity index (χ3v) is 2.56. The molecule has 0 saturated heterocycles. The van der Waals surface area contributed by atoms with E-state index in [1.807, 2.05) is 0 Å². The molecule has 3 nitrogen and oxygen atoms in total. The smallest absolute Gasteiger partial charge is 0.489 e. The molecule has 0 spiro atoms. The highest BCUT2D eigenvalue weighted by atomic mass is 19.1. The fraction of sp³-hybridized carbons (Fsp3) is 0.0769. The van der Waals surface area contributed by atoms with Gasteiger partial charge < -0.3 is 14.8 Å². The van der Waals surface area contributed by atoms with E-state index in [2.05, 4.69) is 0 Å². The van der Waals surface area contributed by atoms with Gasteiger partial charge in [-0.15, -0.1) is 0 Å². The maximum absolute atomic E-state index is 13.2. The Morgan fingerprint density at radius 1 is 1.00 bits per heavy atom. The highest BCUT2D eigenvalue weighted by Crippen LogP contribution is 2.13.